The Morgan fingerprint density at radius 2 is 0.381 bits per heavy atom. The number of thioether (sulfide) groups is 6. The molecule has 0 aliphatic heterocycles. The van der Waals surface area contributed by atoms with Crippen LogP contribution in [0.2, 0.25) is 0 Å². The number of unbranched alkanes of at least 4 members (excludes halogenated alkanes) is 66. The zero-order valence-corrected chi connectivity index (χ0v) is 83.7. The van der Waals surface area contributed by atoms with Crippen molar-refractivity contribution in [2.45, 2.75) is 547 Å². The summed E-state index contributed by atoms with van der Waals surface area (Å²) in [5.41, 5.74) is 4.54. The molecule has 1 aromatic heterocycles. The molecule has 0 unspecified atom stereocenters. The quantitative estimate of drug-likeness (QED) is 0.0328. The Hall–Kier alpha value is -1.63. The lowest BCUT2D eigenvalue weighted by molar-refractivity contribution is 0.548. The number of hydrogen-bond acceptors (Lipinski definition) is 11. The molecule has 4 aromatic rings. The normalized spacial score (nSPS) is 11.7. The summed E-state index contributed by atoms with van der Waals surface area (Å²) in [5, 5.41) is 7.93. The molecule has 0 fully saturated rings. The van der Waals surface area contributed by atoms with E-state index in [0.717, 1.165) is 46.4 Å². The Labute approximate surface area is 759 Å². The minimum absolute atomic E-state index is 0.607. The van der Waals surface area contributed by atoms with Gasteiger partial charge in [0.1, 0.15) is 0 Å². The fourth-order valence-electron chi connectivity index (χ4n) is 16.5. The van der Waals surface area contributed by atoms with Gasteiger partial charge in [0.15, 0.2) is 5.82 Å². The van der Waals surface area contributed by atoms with Crippen LogP contribution in [0.3, 0.4) is 0 Å². The van der Waals surface area contributed by atoms with Crippen LogP contribution in [-0.4, -0.2) is 49.5 Å². The molecule has 0 amide bonds. The molecule has 0 spiro atoms. The highest BCUT2D eigenvalue weighted by atomic mass is 32.2. The molecule has 118 heavy (non-hydrogen) atoms. The van der Waals surface area contributed by atoms with Crippen molar-refractivity contribution in [3.63, 3.8) is 0 Å². The zero-order chi connectivity index (χ0) is 83.8. The van der Waals surface area contributed by atoms with Gasteiger partial charge in [0.2, 0.25) is 11.9 Å². The number of aryl methyl sites for hydroxylation is 1. The first-order chi connectivity index (χ1) is 58.5. The third-order valence-electron chi connectivity index (χ3n) is 24.3. The number of benzene rings is 3. The van der Waals surface area contributed by atoms with E-state index in [9.17, 15) is 0 Å². The van der Waals surface area contributed by atoms with Gasteiger partial charge < -0.3 is 10.6 Å². The zero-order valence-electron chi connectivity index (χ0n) is 78.8. The van der Waals surface area contributed by atoms with Crippen molar-refractivity contribution in [1.82, 2.24) is 15.0 Å². The summed E-state index contributed by atoms with van der Waals surface area (Å²) in [5.74, 6) is 8.91. The van der Waals surface area contributed by atoms with Crippen molar-refractivity contribution in [3.8, 4) is 11.4 Å². The van der Waals surface area contributed by atoms with Crippen LogP contribution in [0.15, 0.2) is 77.9 Å². The summed E-state index contributed by atoms with van der Waals surface area (Å²) >= 11 is 12.8. The molecule has 4 rings (SSSR count). The maximum Gasteiger partial charge on any atom is 0.232 e. The van der Waals surface area contributed by atoms with Gasteiger partial charge in [0.05, 0.1) is 0 Å². The summed E-state index contributed by atoms with van der Waals surface area (Å²) in [6, 6.07) is 19.0. The van der Waals surface area contributed by atoms with Gasteiger partial charge in [-0.05, 0) is 109 Å². The van der Waals surface area contributed by atoms with Crippen molar-refractivity contribution >= 4 is 93.8 Å². The molecule has 0 aliphatic rings. The number of aromatic nitrogens is 3. The molecule has 678 valence electrons. The summed E-state index contributed by atoms with van der Waals surface area (Å²) < 4.78 is 0. The molecule has 5 nitrogen and oxygen atoms in total. The summed E-state index contributed by atoms with van der Waals surface area (Å²) in [7, 11) is 0. The van der Waals surface area contributed by atoms with Gasteiger partial charge in [-0.25, -0.2) is 0 Å². The van der Waals surface area contributed by atoms with E-state index in [1.54, 1.807) is 0 Å². The van der Waals surface area contributed by atoms with Crippen LogP contribution < -0.4 is 10.6 Å². The van der Waals surface area contributed by atoms with E-state index in [4.69, 9.17) is 15.0 Å². The molecule has 0 saturated carbocycles. The highest BCUT2D eigenvalue weighted by molar-refractivity contribution is 8.04. The lowest BCUT2D eigenvalue weighted by Crippen LogP contribution is -2.06. The van der Waals surface area contributed by atoms with Crippen molar-refractivity contribution in [2.75, 3.05) is 45.2 Å². The van der Waals surface area contributed by atoms with Gasteiger partial charge >= 0.3 is 0 Å². The monoisotopic (exact) mass is 1740 g/mol. The van der Waals surface area contributed by atoms with Gasteiger partial charge in [-0.2, -0.15) is 15.0 Å². The molecule has 0 atom stereocenters. The van der Waals surface area contributed by atoms with Crippen molar-refractivity contribution in [2.24, 2.45) is 0 Å². The van der Waals surface area contributed by atoms with E-state index < -0.39 is 0 Å². The highest BCUT2D eigenvalue weighted by Gasteiger charge is 2.20. The molecule has 1 heterocycles. The highest BCUT2D eigenvalue weighted by Crippen LogP contribution is 2.45. The second-order valence-electron chi connectivity index (χ2n) is 35.6. The topological polar surface area (TPSA) is 62.7 Å². The van der Waals surface area contributed by atoms with Crippen LogP contribution in [-0.2, 0) is 6.42 Å². The van der Waals surface area contributed by atoms with Crippen LogP contribution >= 0.6 is 70.6 Å². The first-order valence-corrected chi connectivity index (χ1v) is 57.9. The fourth-order valence-corrected chi connectivity index (χ4v) is 24.0. The van der Waals surface area contributed by atoms with Gasteiger partial charge in [-0.1, -0.05) is 497 Å². The van der Waals surface area contributed by atoms with Crippen LogP contribution in [0.5, 0.6) is 0 Å². The van der Waals surface area contributed by atoms with Crippen LogP contribution in [0.4, 0.5) is 23.3 Å². The van der Waals surface area contributed by atoms with Crippen LogP contribution in [0, 0.1) is 0 Å². The third-order valence-corrected chi connectivity index (χ3v) is 31.8. The van der Waals surface area contributed by atoms with Gasteiger partial charge in [-0.3, -0.25) is 0 Å². The van der Waals surface area contributed by atoms with Crippen molar-refractivity contribution < 1.29 is 0 Å². The lowest BCUT2D eigenvalue weighted by atomic mass is 10.1. The Morgan fingerprint density at radius 1 is 0.203 bits per heavy atom. The molecule has 0 radical (unpaired) electrons. The van der Waals surface area contributed by atoms with E-state index in [2.05, 4.69) is 178 Å². The number of nitrogens with one attached hydrogen (secondary N) is 2. The predicted molar refractivity (Wildman–Crippen MR) is 545 cm³/mol. The fraction of sp³-hybridized carbons (Fsp3) is 0.804. The van der Waals surface area contributed by atoms with Gasteiger partial charge in [0, 0.05) is 46.3 Å². The maximum atomic E-state index is 5.45. The second-order valence-corrected chi connectivity index (χ2v) is 42.4. The summed E-state index contributed by atoms with van der Waals surface area (Å²) in [6.45, 7) is 16.2. The molecule has 0 saturated heterocycles. The maximum absolute atomic E-state index is 5.45. The van der Waals surface area contributed by atoms with E-state index in [1.165, 1.54) is 509 Å². The second kappa shape index (κ2) is 82.4. The largest absolute Gasteiger partial charge is 0.324 e. The first-order valence-electron chi connectivity index (χ1n) is 52.0. The van der Waals surface area contributed by atoms with E-state index in [1.807, 2.05) is 0 Å². The van der Waals surface area contributed by atoms with Crippen molar-refractivity contribution in [3.05, 3.63) is 54.1 Å². The Morgan fingerprint density at radius 3 is 0.568 bits per heavy atom. The molecular weight excluding hydrogens is 1550 g/mol. The summed E-state index contributed by atoms with van der Waals surface area (Å²) in [4.78, 5) is 25.1. The number of anilines is 4. The Balaban J connectivity index is 1.72. The predicted octanol–water partition coefficient (Wildman–Crippen LogP) is 40.3. The average molecular weight is 1740 g/mol. The molecule has 0 aliphatic carbocycles. The Bertz CT molecular complexity index is 2570. The van der Waals surface area contributed by atoms with E-state index >= 15 is 0 Å². The molecule has 3 aromatic carbocycles. The van der Waals surface area contributed by atoms with Gasteiger partial charge in [0.25, 0.3) is 0 Å². The molecule has 11 heteroatoms. The molecule has 0 bridgehead atoms. The SMILES string of the molecule is CCCCCCCCCCCCCCSc1cc(Nc2nc(Nc3cc(SCCCCCCCCCCCCCC)c(SCCCCCCCCCCCCCC)c(SCCCCCCCCCCCCCC)c3)nc(-c3ccc(CC)cc3)n2)cc(SCCCCCCCCCCCCCC)c1SCCCCCCCCCCCCCC. The smallest absolute Gasteiger partial charge is 0.232 e. The first kappa shape index (κ1) is 109. The molecular formula is C107H189N5S6. The van der Waals surface area contributed by atoms with Crippen LogP contribution in [0.1, 0.15) is 516 Å². The minimum Gasteiger partial charge on any atom is -0.324 e. The molecule has 2 N–H and O–H groups in total. The lowest BCUT2D eigenvalue weighted by Gasteiger charge is -2.19. The number of hydrogen-bond donors (Lipinski definition) is 2. The van der Waals surface area contributed by atoms with Gasteiger partial charge in [-0.15, -0.1) is 70.6 Å². The summed E-state index contributed by atoms with van der Waals surface area (Å²) in [6.07, 6.45) is 101. The Kier molecular flexibility index (Phi) is 75.9. The number of rotatable bonds is 90. The van der Waals surface area contributed by atoms with Crippen molar-refractivity contribution in [1.29, 1.82) is 0 Å². The standard InChI is InChI=1S/C107H189N5S6/c1-8-15-21-27-33-39-45-51-57-63-69-75-85-113-99-91-97(92-100(114-86-76-70-64-58-52-46-40-34-28-22-16-9-2)103(99)117-89-79-73-67-61-55-49-43-37-31-25-19-12-5)108-106-110-105(96-83-81-95(14-7)82-84-96)111-107(112-106)109-98-93-101(115-87-77-71-65-59-53-47-41-35-29-23-17-10-3)104(118-90-80-74-68-62-56-50-44-38-32-26-20-13-6)102(94-98)116-88-78-72-66-60-54-48-42-36-30-24-18-11-4/h81-84,91-94H,8-80,85-90H2,1-7H3,(H2,108,109,110,111,112). The minimum atomic E-state index is 0.607. The van der Waals surface area contributed by atoms with Crippen LogP contribution in [0.25, 0.3) is 11.4 Å². The third kappa shape index (κ3) is 60.1. The van der Waals surface area contributed by atoms with E-state index in [0.29, 0.717) is 17.7 Å². The van der Waals surface area contributed by atoms with E-state index in [-0.39, 0.29) is 0 Å². The average Bonchev–Trinajstić information content (AvgIpc) is 0.804. The number of nitrogens with zero attached hydrogens (tertiary/aromatic N) is 3.